The first-order valence-corrected chi connectivity index (χ1v) is 8.80. The summed E-state index contributed by atoms with van der Waals surface area (Å²) in [6.07, 6.45) is 0. The average Bonchev–Trinajstić information content (AvgIpc) is 2.73. The predicted octanol–water partition coefficient (Wildman–Crippen LogP) is 4.71. The molecule has 2 unspecified atom stereocenters. The number of hydrogen-bond acceptors (Lipinski definition) is 3. The molecule has 118 valence electrons. The van der Waals surface area contributed by atoms with E-state index in [1.54, 1.807) is 0 Å². The first kappa shape index (κ1) is 16.7. The van der Waals surface area contributed by atoms with Gasteiger partial charge in [0.15, 0.2) is 0 Å². The molecule has 1 heterocycles. The van der Waals surface area contributed by atoms with Crippen molar-refractivity contribution in [1.82, 2.24) is 5.32 Å². The zero-order valence-electron chi connectivity index (χ0n) is 14.4. The molecule has 1 aromatic carbocycles. The van der Waals surface area contributed by atoms with E-state index in [2.05, 4.69) is 65.9 Å². The molecule has 1 fully saturated rings. The number of phenolic OH excluding ortho intramolecular Hbond substituents is 1. The van der Waals surface area contributed by atoms with Crippen LogP contribution >= 0.6 is 11.8 Å². The van der Waals surface area contributed by atoms with Crippen molar-refractivity contribution in [1.29, 1.82) is 0 Å². The number of rotatable bonds is 1. The van der Waals surface area contributed by atoms with E-state index in [0.29, 0.717) is 17.2 Å². The van der Waals surface area contributed by atoms with E-state index < -0.39 is 0 Å². The fraction of sp³-hybridized carbons (Fsp3) is 0.667. The van der Waals surface area contributed by atoms with Crippen molar-refractivity contribution in [3.8, 4) is 5.75 Å². The number of nitrogens with one attached hydrogen (secondary N) is 1. The Labute approximate surface area is 133 Å². The third-order valence-electron chi connectivity index (χ3n) is 4.00. The summed E-state index contributed by atoms with van der Waals surface area (Å²) >= 11 is 1.96. The van der Waals surface area contributed by atoms with Crippen LogP contribution in [-0.2, 0) is 10.8 Å². The van der Waals surface area contributed by atoms with Gasteiger partial charge in [0.05, 0.1) is 5.37 Å². The third kappa shape index (κ3) is 3.57. The first-order valence-electron chi connectivity index (χ1n) is 7.75. The van der Waals surface area contributed by atoms with Crippen molar-refractivity contribution in [3.63, 3.8) is 0 Å². The van der Waals surface area contributed by atoms with Crippen LogP contribution in [0.3, 0.4) is 0 Å². The fourth-order valence-electron chi connectivity index (χ4n) is 2.74. The Morgan fingerprint density at radius 2 is 1.52 bits per heavy atom. The Morgan fingerprint density at radius 3 is 1.86 bits per heavy atom. The second kappa shape index (κ2) is 5.51. The SMILES string of the molecule is CC1CSC(c2cc(C(C)(C)C)c(O)c(C(C)(C)C)c2)N1. The van der Waals surface area contributed by atoms with Crippen molar-refractivity contribution in [2.75, 3.05) is 5.75 Å². The molecule has 0 radical (unpaired) electrons. The maximum absolute atomic E-state index is 10.8. The van der Waals surface area contributed by atoms with Crippen molar-refractivity contribution in [2.45, 2.75) is 70.7 Å². The van der Waals surface area contributed by atoms with Gasteiger partial charge in [-0.3, -0.25) is 5.32 Å². The summed E-state index contributed by atoms with van der Waals surface area (Å²) in [4.78, 5) is 0. The lowest BCUT2D eigenvalue weighted by molar-refractivity contribution is 0.422. The normalized spacial score (nSPS) is 23.6. The minimum Gasteiger partial charge on any atom is -0.507 e. The summed E-state index contributed by atoms with van der Waals surface area (Å²) in [5, 5.41) is 14.7. The maximum atomic E-state index is 10.8. The molecule has 1 aliphatic rings. The van der Waals surface area contributed by atoms with Crippen LogP contribution < -0.4 is 5.32 Å². The van der Waals surface area contributed by atoms with Crippen LogP contribution in [0.25, 0.3) is 0 Å². The first-order chi connectivity index (χ1) is 9.50. The highest BCUT2D eigenvalue weighted by atomic mass is 32.2. The molecule has 1 aliphatic heterocycles. The van der Waals surface area contributed by atoms with Gasteiger partial charge in [0.2, 0.25) is 0 Å². The fourth-order valence-corrected chi connectivity index (χ4v) is 3.97. The van der Waals surface area contributed by atoms with Gasteiger partial charge in [-0.05, 0) is 46.6 Å². The van der Waals surface area contributed by atoms with Crippen LogP contribution in [0, 0.1) is 0 Å². The van der Waals surface area contributed by atoms with Gasteiger partial charge in [-0.1, -0.05) is 41.5 Å². The summed E-state index contributed by atoms with van der Waals surface area (Å²) in [5.41, 5.74) is 3.26. The number of phenols is 1. The minimum atomic E-state index is -0.0605. The van der Waals surface area contributed by atoms with Crippen LogP contribution in [0.4, 0.5) is 0 Å². The van der Waals surface area contributed by atoms with Crippen LogP contribution in [0.1, 0.15) is 70.5 Å². The number of hydrogen-bond donors (Lipinski definition) is 2. The van der Waals surface area contributed by atoms with Crippen molar-refractivity contribution in [2.24, 2.45) is 0 Å². The van der Waals surface area contributed by atoms with Gasteiger partial charge < -0.3 is 5.11 Å². The largest absolute Gasteiger partial charge is 0.507 e. The van der Waals surface area contributed by atoms with E-state index in [9.17, 15) is 5.11 Å². The Balaban J connectivity index is 2.57. The molecule has 0 aliphatic carbocycles. The van der Waals surface area contributed by atoms with Gasteiger partial charge >= 0.3 is 0 Å². The topological polar surface area (TPSA) is 32.3 Å². The maximum Gasteiger partial charge on any atom is 0.123 e. The summed E-state index contributed by atoms with van der Waals surface area (Å²) in [6, 6.07) is 4.92. The van der Waals surface area contributed by atoms with Crippen LogP contribution in [0.15, 0.2) is 12.1 Å². The van der Waals surface area contributed by atoms with Crippen LogP contribution in [0.5, 0.6) is 5.75 Å². The van der Waals surface area contributed by atoms with Gasteiger partial charge in [0, 0.05) is 11.8 Å². The second-order valence-electron chi connectivity index (χ2n) is 8.25. The van der Waals surface area contributed by atoms with Gasteiger partial charge in [0.25, 0.3) is 0 Å². The lowest BCUT2D eigenvalue weighted by Gasteiger charge is -2.29. The quantitative estimate of drug-likeness (QED) is 0.788. The van der Waals surface area contributed by atoms with E-state index in [-0.39, 0.29) is 10.8 Å². The number of benzene rings is 1. The van der Waals surface area contributed by atoms with E-state index >= 15 is 0 Å². The van der Waals surface area contributed by atoms with Crippen molar-refractivity contribution >= 4 is 11.8 Å². The molecule has 2 rings (SSSR count). The summed E-state index contributed by atoms with van der Waals surface area (Å²) in [7, 11) is 0. The predicted molar refractivity (Wildman–Crippen MR) is 93.3 cm³/mol. The van der Waals surface area contributed by atoms with Crippen LogP contribution in [0.2, 0.25) is 0 Å². The smallest absolute Gasteiger partial charge is 0.123 e. The molecular weight excluding hydrogens is 278 g/mol. The van der Waals surface area contributed by atoms with E-state index in [0.717, 1.165) is 16.9 Å². The van der Waals surface area contributed by atoms with E-state index in [1.807, 2.05) is 11.8 Å². The Kier molecular flexibility index (Phi) is 4.38. The second-order valence-corrected chi connectivity index (χ2v) is 9.38. The molecule has 0 aromatic heterocycles. The van der Waals surface area contributed by atoms with Crippen molar-refractivity contribution in [3.05, 3.63) is 28.8 Å². The van der Waals surface area contributed by atoms with Gasteiger partial charge in [0.1, 0.15) is 5.75 Å². The molecule has 2 nitrogen and oxygen atoms in total. The summed E-state index contributed by atoms with van der Waals surface area (Å²) in [6.45, 7) is 15.2. The molecule has 0 bridgehead atoms. The van der Waals surface area contributed by atoms with E-state index in [1.165, 1.54) is 5.56 Å². The monoisotopic (exact) mass is 307 g/mol. The third-order valence-corrected chi connectivity index (χ3v) is 5.43. The molecule has 21 heavy (non-hydrogen) atoms. The van der Waals surface area contributed by atoms with Gasteiger partial charge in [-0.2, -0.15) is 0 Å². The Bertz CT molecular complexity index is 490. The number of aromatic hydroxyl groups is 1. The number of thioether (sulfide) groups is 1. The molecular formula is C18H29NOS. The van der Waals surface area contributed by atoms with Crippen molar-refractivity contribution < 1.29 is 5.11 Å². The highest BCUT2D eigenvalue weighted by molar-refractivity contribution is 7.99. The summed E-state index contributed by atoms with van der Waals surface area (Å²) in [5.74, 6) is 1.61. The van der Waals surface area contributed by atoms with E-state index in [4.69, 9.17) is 0 Å². The highest BCUT2D eigenvalue weighted by Crippen LogP contribution is 2.43. The highest BCUT2D eigenvalue weighted by Gasteiger charge is 2.30. The minimum absolute atomic E-state index is 0.0605. The molecule has 0 saturated carbocycles. The van der Waals surface area contributed by atoms with Gasteiger partial charge in [-0.15, -0.1) is 11.8 Å². The molecule has 1 aromatic rings. The molecule has 0 amide bonds. The molecule has 2 N–H and O–H groups in total. The Hall–Kier alpha value is -0.670. The lowest BCUT2D eigenvalue weighted by atomic mass is 9.78. The summed E-state index contributed by atoms with van der Waals surface area (Å²) < 4.78 is 0. The molecule has 2 atom stereocenters. The Morgan fingerprint density at radius 1 is 1.05 bits per heavy atom. The zero-order chi connectivity index (χ0) is 16.0. The molecule has 0 spiro atoms. The lowest BCUT2D eigenvalue weighted by Crippen LogP contribution is -2.23. The molecule has 1 saturated heterocycles. The zero-order valence-corrected chi connectivity index (χ0v) is 15.2. The van der Waals surface area contributed by atoms with Crippen LogP contribution in [-0.4, -0.2) is 16.9 Å². The standard InChI is InChI=1S/C18H29NOS/c1-11-10-21-16(19-11)12-8-13(17(2,3)4)15(20)14(9-12)18(5,6)7/h8-9,11,16,19-20H,10H2,1-7H3. The average molecular weight is 308 g/mol. The molecule has 3 heteroatoms. The van der Waals surface area contributed by atoms with Gasteiger partial charge in [-0.25, -0.2) is 0 Å².